The van der Waals surface area contributed by atoms with Gasteiger partial charge in [0, 0.05) is 39.4 Å². The van der Waals surface area contributed by atoms with Crippen molar-refractivity contribution in [2.45, 2.75) is 30.2 Å². The van der Waals surface area contributed by atoms with Crippen molar-refractivity contribution < 1.29 is 21.6 Å². The summed E-state index contributed by atoms with van der Waals surface area (Å²) < 4.78 is 61.4. The molecule has 0 saturated carbocycles. The van der Waals surface area contributed by atoms with E-state index in [-0.39, 0.29) is 36.1 Å². The van der Waals surface area contributed by atoms with E-state index in [0.29, 0.717) is 24.6 Å². The van der Waals surface area contributed by atoms with Gasteiger partial charge in [0.2, 0.25) is 10.0 Å². The average molecular weight is 443 g/mol. The van der Waals surface area contributed by atoms with Gasteiger partial charge in [0.25, 0.3) is 10.0 Å². The van der Waals surface area contributed by atoms with Crippen molar-refractivity contribution in [3.63, 3.8) is 0 Å². The third-order valence-corrected chi connectivity index (χ3v) is 8.56. The maximum absolute atomic E-state index is 13.0. The molecule has 3 rings (SSSR count). The number of hydrogen-bond donors (Lipinski definition) is 0. The Balaban J connectivity index is 1.76. The van der Waals surface area contributed by atoms with E-state index in [2.05, 4.69) is 4.98 Å². The minimum absolute atomic E-state index is 0.0136. The van der Waals surface area contributed by atoms with Gasteiger partial charge in [-0.15, -0.1) is 0 Å². The molecule has 2 aromatic rings. The summed E-state index contributed by atoms with van der Waals surface area (Å²) >= 11 is 0. The van der Waals surface area contributed by atoms with Gasteiger partial charge in [0.05, 0.1) is 11.5 Å². The number of aromatic nitrogens is 2. The highest BCUT2D eigenvalue weighted by atomic mass is 32.2. The Morgan fingerprint density at radius 3 is 2.07 bits per heavy atom. The van der Waals surface area contributed by atoms with Gasteiger partial charge < -0.3 is 9.30 Å². The SMILES string of the molecule is CCOc1ccc(S(=O)(=O)N2CCCN(S(=O)(=O)c3cn(C)c(C)n3)CC2)cc1. The molecule has 0 bridgehead atoms. The second-order valence-corrected chi connectivity index (χ2v) is 10.6. The number of nitrogens with zero attached hydrogens (tertiary/aromatic N) is 4. The van der Waals surface area contributed by atoms with E-state index < -0.39 is 20.0 Å². The van der Waals surface area contributed by atoms with Crippen LogP contribution in [0.2, 0.25) is 0 Å². The van der Waals surface area contributed by atoms with Crippen LogP contribution in [0.4, 0.5) is 0 Å². The first-order chi connectivity index (χ1) is 13.7. The van der Waals surface area contributed by atoms with Crippen LogP contribution in [0.5, 0.6) is 5.75 Å². The topological polar surface area (TPSA) is 102 Å². The molecule has 0 radical (unpaired) electrons. The molecule has 0 unspecified atom stereocenters. The van der Waals surface area contributed by atoms with Crippen LogP contribution in [0.15, 0.2) is 40.4 Å². The number of ether oxygens (including phenoxy) is 1. The molecule has 0 spiro atoms. The third-order valence-electron chi connectivity index (χ3n) is 4.88. The van der Waals surface area contributed by atoms with Gasteiger partial charge in [-0.25, -0.2) is 21.8 Å². The number of imidazole rings is 1. The normalized spacial score (nSPS) is 17.2. The first kappa shape index (κ1) is 21.8. The van der Waals surface area contributed by atoms with Crippen molar-refractivity contribution in [1.82, 2.24) is 18.2 Å². The van der Waals surface area contributed by atoms with E-state index in [4.69, 9.17) is 4.74 Å². The highest BCUT2D eigenvalue weighted by molar-refractivity contribution is 7.89. The second kappa shape index (κ2) is 8.42. The van der Waals surface area contributed by atoms with Crippen LogP contribution in [-0.4, -0.2) is 67.8 Å². The van der Waals surface area contributed by atoms with E-state index in [1.165, 1.54) is 26.9 Å². The summed E-state index contributed by atoms with van der Waals surface area (Å²) in [4.78, 5) is 4.28. The standard InChI is InChI=1S/C18H26N4O5S2/c1-4-27-16-6-8-17(9-7-16)28(23,24)21-10-5-11-22(13-12-21)29(25,26)18-14-20(3)15(2)19-18/h6-9,14H,4-5,10-13H2,1-3H3. The predicted molar refractivity (Wildman–Crippen MR) is 108 cm³/mol. The average Bonchev–Trinajstić information content (AvgIpc) is 2.88. The van der Waals surface area contributed by atoms with Crippen molar-refractivity contribution in [1.29, 1.82) is 0 Å². The summed E-state index contributed by atoms with van der Waals surface area (Å²) in [6.45, 7) is 4.74. The largest absolute Gasteiger partial charge is 0.494 e. The quantitative estimate of drug-likeness (QED) is 0.666. The molecular weight excluding hydrogens is 416 g/mol. The van der Waals surface area contributed by atoms with Gasteiger partial charge in [0.1, 0.15) is 11.6 Å². The van der Waals surface area contributed by atoms with Gasteiger partial charge in [0.15, 0.2) is 5.03 Å². The lowest BCUT2D eigenvalue weighted by atomic mass is 10.3. The Labute approximate surface area is 172 Å². The molecule has 0 N–H and O–H groups in total. The molecule has 1 aromatic carbocycles. The van der Waals surface area contributed by atoms with Gasteiger partial charge >= 0.3 is 0 Å². The Kier molecular flexibility index (Phi) is 6.32. The van der Waals surface area contributed by atoms with E-state index in [1.54, 1.807) is 30.7 Å². The molecular formula is C18H26N4O5S2. The van der Waals surface area contributed by atoms with Crippen LogP contribution in [0.3, 0.4) is 0 Å². The maximum Gasteiger partial charge on any atom is 0.262 e. The van der Waals surface area contributed by atoms with Gasteiger partial charge in [-0.3, -0.25) is 0 Å². The smallest absolute Gasteiger partial charge is 0.262 e. The van der Waals surface area contributed by atoms with Crippen LogP contribution in [-0.2, 0) is 27.1 Å². The van der Waals surface area contributed by atoms with Crippen molar-refractivity contribution in [2.24, 2.45) is 7.05 Å². The number of benzene rings is 1. The van der Waals surface area contributed by atoms with Gasteiger partial charge in [-0.1, -0.05) is 0 Å². The maximum atomic E-state index is 13.0. The van der Waals surface area contributed by atoms with Crippen LogP contribution < -0.4 is 4.74 Å². The van der Waals surface area contributed by atoms with E-state index >= 15 is 0 Å². The molecule has 2 heterocycles. The summed E-state index contributed by atoms with van der Waals surface area (Å²) in [7, 11) is -5.75. The summed E-state index contributed by atoms with van der Waals surface area (Å²) in [5.74, 6) is 1.20. The number of hydrogen-bond acceptors (Lipinski definition) is 6. The summed E-state index contributed by atoms with van der Waals surface area (Å²) in [5.41, 5.74) is 0. The zero-order chi connectivity index (χ0) is 21.2. The monoisotopic (exact) mass is 442 g/mol. The minimum Gasteiger partial charge on any atom is -0.494 e. The highest BCUT2D eigenvalue weighted by Gasteiger charge is 2.33. The molecule has 0 aliphatic carbocycles. The summed E-state index contributed by atoms with van der Waals surface area (Å²) in [5, 5.41) is -0.0136. The Morgan fingerprint density at radius 2 is 1.55 bits per heavy atom. The molecule has 1 fully saturated rings. The summed E-state index contributed by atoms with van der Waals surface area (Å²) in [6, 6.07) is 6.26. The zero-order valence-electron chi connectivity index (χ0n) is 16.8. The van der Waals surface area contributed by atoms with Crippen molar-refractivity contribution in [3.8, 4) is 5.75 Å². The molecule has 1 aliphatic heterocycles. The third kappa shape index (κ3) is 4.47. The van der Waals surface area contributed by atoms with Crippen LogP contribution >= 0.6 is 0 Å². The lowest BCUT2D eigenvalue weighted by molar-refractivity contribution is 0.340. The molecule has 0 amide bonds. The second-order valence-electron chi connectivity index (χ2n) is 6.80. The zero-order valence-corrected chi connectivity index (χ0v) is 18.4. The number of rotatable bonds is 6. The molecule has 0 atom stereocenters. The van der Waals surface area contributed by atoms with Crippen LogP contribution in [0.25, 0.3) is 0 Å². The van der Waals surface area contributed by atoms with Crippen LogP contribution in [0, 0.1) is 6.92 Å². The lowest BCUT2D eigenvalue weighted by Gasteiger charge is -2.21. The molecule has 1 aromatic heterocycles. The fourth-order valence-corrected chi connectivity index (χ4v) is 6.12. The van der Waals surface area contributed by atoms with E-state index in [1.807, 2.05) is 6.92 Å². The Morgan fingerprint density at radius 1 is 0.966 bits per heavy atom. The molecule has 160 valence electrons. The molecule has 9 nitrogen and oxygen atoms in total. The molecule has 29 heavy (non-hydrogen) atoms. The molecule has 1 aliphatic rings. The fraction of sp³-hybridized carbons (Fsp3) is 0.500. The Bertz CT molecular complexity index is 1040. The number of aryl methyl sites for hydroxylation is 2. The highest BCUT2D eigenvalue weighted by Crippen LogP contribution is 2.23. The molecule has 1 saturated heterocycles. The Hall–Kier alpha value is -1.95. The van der Waals surface area contributed by atoms with Gasteiger partial charge in [-0.05, 0) is 44.5 Å². The number of sulfonamides is 2. The fourth-order valence-electron chi connectivity index (χ4n) is 3.16. The van der Waals surface area contributed by atoms with Crippen LogP contribution in [0.1, 0.15) is 19.2 Å². The first-order valence-electron chi connectivity index (χ1n) is 9.39. The van der Waals surface area contributed by atoms with Crippen molar-refractivity contribution in [2.75, 3.05) is 32.8 Å². The van der Waals surface area contributed by atoms with Gasteiger partial charge in [-0.2, -0.15) is 8.61 Å². The van der Waals surface area contributed by atoms with Crippen molar-refractivity contribution >= 4 is 20.0 Å². The van der Waals surface area contributed by atoms with E-state index in [0.717, 1.165) is 0 Å². The first-order valence-corrected chi connectivity index (χ1v) is 12.3. The minimum atomic E-state index is -3.77. The predicted octanol–water partition coefficient (Wildman–Crippen LogP) is 1.21. The summed E-state index contributed by atoms with van der Waals surface area (Å²) in [6.07, 6.45) is 1.88. The van der Waals surface area contributed by atoms with Crippen molar-refractivity contribution in [3.05, 3.63) is 36.3 Å². The molecule has 11 heteroatoms. The lowest BCUT2D eigenvalue weighted by Crippen LogP contribution is -2.37. The van der Waals surface area contributed by atoms with E-state index in [9.17, 15) is 16.8 Å².